The summed E-state index contributed by atoms with van der Waals surface area (Å²) in [5, 5.41) is 0.796. The highest BCUT2D eigenvalue weighted by atomic mass is 79.9. The third-order valence-corrected chi connectivity index (χ3v) is 3.49. The highest BCUT2D eigenvalue weighted by molar-refractivity contribution is 9.09. The lowest BCUT2D eigenvalue weighted by molar-refractivity contribution is 0.489. The van der Waals surface area contributed by atoms with Crippen LogP contribution >= 0.6 is 15.9 Å². The van der Waals surface area contributed by atoms with Crippen molar-refractivity contribution in [1.29, 1.82) is 0 Å². The van der Waals surface area contributed by atoms with Crippen molar-refractivity contribution in [3.63, 3.8) is 0 Å². The van der Waals surface area contributed by atoms with Crippen molar-refractivity contribution in [2.45, 2.75) is 19.4 Å². The van der Waals surface area contributed by atoms with E-state index in [0.29, 0.717) is 0 Å². The Morgan fingerprint density at radius 1 is 1.50 bits per heavy atom. The Kier molecular flexibility index (Phi) is 5.31. The van der Waals surface area contributed by atoms with Crippen LogP contribution in [-0.4, -0.2) is 38.2 Å². The second kappa shape index (κ2) is 5.16. The minimum Gasteiger partial charge on any atom is -0.199 e. The van der Waals surface area contributed by atoms with Gasteiger partial charge in [-0.2, -0.15) is 17.4 Å². The predicted molar refractivity (Wildman–Crippen MR) is 53.6 cm³/mol. The SMILES string of the molecule is CC(CCBr)NS(=O)(=O)N(C)C. The molecule has 0 aliphatic heterocycles. The molecule has 0 aromatic carbocycles. The van der Waals surface area contributed by atoms with Crippen molar-refractivity contribution in [3.8, 4) is 0 Å². The van der Waals surface area contributed by atoms with Crippen LogP contribution in [0.4, 0.5) is 0 Å². The summed E-state index contributed by atoms with van der Waals surface area (Å²) in [6.45, 7) is 1.84. The quantitative estimate of drug-likeness (QED) is 0.733. The van der Waals surface area contributed by atoms with Gasteiger partial charge in [0, 0.05) is 25.5 Å². The van der Waals surface area contributed by atoms with E-state index in [-0.39, 0.29) is 6.04 Å². The molecule has 1 atom stereocenters. The van der Waals surface area contributed by atoms with E-state index in [9.17, 15) is 8.42 Å². The molecule has 0 radical (unpaired) electrons. The van der Waals surface area contributed by atoms with E-state index in [4.69, 9.17) is 0 Å². The number of alkyl halides is 1. The van der Waals surface area contributed by atoms with Gasteiger partial charge in [-0.15, -0.1) is 0 Å². The molecule has 6 heteroatoms. The Bertz CT molecular complexity index is 216. The number of nitrogens with one attached hydrogen (secondary N) is 1. The van der Waals surface area contributed by atoms with Gasteiger partial charge < -0.3 is 0 Å². The average molecular weight is 259 g/mol. The maximum Gasteiger partial charge on any atom is 0.279 e. The second-order valence-electron chi connectivity index (χ2n) is 2.78. The van der Waals surface area contributed by atoms with Gasteiger partial charge in [0.25, 0.3) is 10.2 Å². The summed E-state index contributed by atoms with van der Waals surface area (Å²) in [4.78, 5) is 0. The van der Waals surface area contributed by atoms with Crippen molar-refractivity contribution < 1.29 is 8.42 Å². The standard InChI is InChI=1S/C6H15BrN2O2S/c1-6(4-5-7)8-12(10,11)9(2)3/h6,8H,4-5H2,1-3H3. The molecule has 4 nitrogen and oxygen atoms in total. The number of halogens is 1. The molecule has 0 aliphatic rings. The molecule has 74 valence electrons. The van der Waals surface area contributed by atoms with Crippen LogP contribution in [-0.2, 0) is 10.2 Å². The first-order valence-electron chi connectivity index (χ1n) is 3.66. The number of nitrogens with zero attached hydrogens (tertiary/aromatic N) is 1. The summed E-state index contributed by atoms with van der Waals surface area (Å²) in [6.07, 6.45) is 0.785. The van der Waals surface area contributed by atoms with E-state index in [1.807, 2.05) is 6.92 Å². The molecule has 0 aromatic heterocycles. The fourth-order valence-electron chi connectivity index (χ4n) is 0.582. The van der Waals surface area contributed by atoms with Gasteiger partial charge in [0.1, 0.15) is 0 Å². The normalized spacial score (nSPS) is 15.1. The van der Waals surface area contributed by atoms with Crippen LogP contribution in [0, 0.1) is 0 Å². The smallest absolute Gasteiger partial charge is 0.199 e. The van der Waals surface area contributed by atoms with Crippen molar-refractivity contribution in [3.05, 3.63) is 0 Å². The van der Waals surface area contributed by atoms with Crippen LogP contribution in [0.1, 0.15) is 13.3 Å². The first-order chi connectivity index (χ1) is 5.40. The molecule has 0 saturated heterocycles. The first kappa shape index (κ1) is 12.3. The second-order valence-corrected chi connectivity index (χ2v) is 5.49. The minimum atomic E-state index is -3.26. The summed E-state index contributed by atoms with van der Waals surface area (Å²) in [5.74, 6) is 0. The Hall–Kier alpha value is 0.350. The summed E-state index contributed by atoms with van der Waals surface area (Å²) >= 11 is 3.25. The molecule has 0 amide bonds. The Labute approximate surface area is 82.6 Å². The molecule has 1 unspecified atom stereocenters. The van der Waals surface area contributed by atoms with Gasteiger partial charge in [-0.1, -0.05) is 15.9 Å². The number of hydrogen-bond acceptors (Lipinski definition) is 2. The van der Waals surface area contributed by atoms with Crippen LogP contribution in [0.25, 0.3) is 0 Å². The molecule has 1 N–H and O–H groups in total. The highest BCUT2D eigenvalue weighted by Crippen LogP contribution is 1.98. The Balaban J connectivity index is 4.07. The lowest BCUT2D eigenvalue weighted by Crippen LogP contribution is -2.40. The molecule has 0 rings (SSSR count). The van der Waals surface area contributed by atoms with E-state index < -0.39 is 10.2 Å². The topological polar surface area (TPSA) is 49.4 Å². The lowest BCUT2D eigenvalue weighted by Gasteiger charge is -2.16. The first-order valence-corrected chi connectivity index (χ1v) is 6.22. The summed E-state index contributed by atoms with van der Waals surface area (Å²) in [5.41, 5.74) is 0. The maximum atomic E-state index is 11.2. The molecular formula is C6H15BrN2O2S. The van der Waals surface area contributed by atoms with Crippen LogP contribution in [0.3, 0.4) is 0 Å². The van der Waals surface area contributed by atoms with E-state index in [2.05, 4.69) is 20.7 Å². The van der Waals surface area contributed by atoms with Gasteiger partial charge in [-0.3, -0.25) is 0 Å². The zero-order chi connectivity index (χ0) is 9.78. The summed E-state index contributed by atoms with van der Waals surface area (Å²) in [6, 6.07) is -0.0308. The molecule has 0 heterocycles. The van der Waals surface area contributed by atoms with Crippen molar-refractivity contribution >= 4 is 26.1 Å². The van der Waals surface area contributed by atoms with E-state index in [1.165, 1.54) is 14.1 Å². The van der Waals surface area contributed by atoms with Gasteiger partial charge in [0.2, 0.25) is 0 Å². The molecule has 0 bridgehead atoms. The fraction of sp³-hybridized carbons (Fsp3) is 1.00. The summed E-state index contributed by atoms with van der Waals surface area (Å²) < 4.78 is 26.1. The molecule has 0 fully saturated rings. The average Bonchev–Trinajstić information content (AvgIpc) is 1.85. The molecule has 12 heavy (non-hydrogen) atoms. The zero-order valence-corrected chi connectivity index (χ0v) is 9.94. The largest absolute Gasteiger partial charge is 0.279 e. The molecule has 0 aliphatic carbocycles. The van der Waals surface area contributed by atoms with Gasteiger partial charge >= 0.3 is 0 Å². The molecule has 0 aromatic rings. The van der Waals surface area contributed by atoms with Crippen molar-refractivity contribution in [2.75, 3.05) is 19.4 Å². The van der Waals surface area contributed by atoms with Gasteiger partial charge in [0.05, 0.1) is 0 Å². The molecule has 0 saturated carbocycles. The zero-order valence-electron chi connectivity index (χ0n) is 7.54. The maximum absolute atomic E-state index is 11.2. The highest BCUT2D eigenvalue weighted by Gasteiger charge is 2.15. The Morgan fingerprint density at radius 3 is 2.33 bits per heavy atom. The fourth-order valence-corrected chi connectivity index (χ4v) is 2.11. The van der Waals surface area contributed by atoms with Crippen LogP contribution < -0.4 is 4.72 Å². The molecule has 0 spiro atoms. The van der Waals surface area contributed by atoms with Crippen molar-refractivity contribution in [1.82, 2.24) is 9.03 Å². The Morgan fingerprint density at radius 2 is 2.00 bits per heavy atom. The van der Waals surface area contributed by atoms with E-state index in [0.717, 1.165) is 16.1 Å². The van der Waals surface area contributed by atoms with Gasteiger partial charge in [-0.25, -0.2) is 0 Å². The van der Waals surface area contributed by atoms with Crippen LogP contribution in [0.5, 0.6) is 0 Å². The third kappa shape index (κ3) is 4.39. The van der Waals surface area contributed by atoms with Crippen molar-refractivity contribution in [2.24, 2.45) is 0 Å². The van der Waals surface area contributed by atoms with E-state index in [1.54, 1.807) is 0 Å². The summed E-state index contributed by atoms with van der Waals surface area (Å²) in [7, 11) is -0.251. The van der Waals surface area contributed by atoms with Crippen LogP contribution in [0.2, 0.25) is 0 Å². The predicted octanol–water partition coefficient (Wildman–Crippen LogP) is 0.556. The monoisotopic (exact) mass is 258 g/mol. The number of rotatable bonds is 5. The number of hydrogen-bond donors (Lipinski definition) is 1. The third-order valence-electron chi connectivity index (χ3n) is 1.37. The lowest BCUT2D eigenvalue weighted by atomic mass is 10.3. The van der Waals surface area contributed by atoms with Crippen LogP contribution in [0.15, 0.2) is 0 Å². The minimum absolute atomic E-state index is 0.0308. The van der Waals surface area contributed by atoms with Gasteiger partial charge in [-0.05, 0) is 13.3 Å². The van der Waals surface area contributed by atoms with Gasteiger partial charge in [0.15, 0.2) is 0 Å². The molecular weight excluding hydrogens is 244 g/mol. The van der Waals surface area contributed by atoms with E-state index >= 15 is 0 Å².